The Hall–Kier alpha value is -5.10. The second-order valence-corrected chi connectivity index (χ2v) is 11.8. The number of hydrogen-bond donors (Lipinski definition) is 2. The third-order valence-electron chi connectivity index (χ3n) is 7.70. The highest BCUT2D eigenvalue weighted by atomic mass is 16.5. The van der Waals surface area contributed by atoms with Gasteiger partial charge in [-0.1, -0.05) is 104 Å². The predicted molar refractivity (Wildman–Crippen MR) is 196 cm³/mol. The molecule has 0 bridgehead atoms. The number of ether oxygens (including phenoxy) is 2. The van der Waals surface area contributed by atoms with E-state index in [-0.39, 0.29) is 6.42 Å². The highest BCUT2D eigenvalue weighted by molar-refractivity contribution is 5.98. The maximum Gasteiger partial charge on any atom is 0.326 e. The molecule has 0 radical (unpaired) electrons. The lowest BCUT2D eigenvalue weighted by Gasteiger charge is -2.17. The van der Waals surface area contributed by atoms with Crippen molar-refractivity contribution in [1.29, 1.82) is 0 Å². The molecule has 0 fully saturated rings. The third-order valence-corrected chi connectivity index (χ3v) is 7.70. The first-order valence-electron chi connectivity index (χ1n) is 16.6. The summed E-state index contributed by atoms with van der Waals surface area (Å²) in [5.41, 5.74) is 6.48. The van der Waals surface area contributed by atoms with Gasteiger partial charge in [-0.2, -0.15) is 0 Å². The van der Waals surface area contributed by atoms with E-state index in [0.717, 1.165) is 48.8 Å². The maximum absolute atomic E-state index is 12.8. The second kappa shape index (κ2) is 20.2. The number of carboxylic acids is 1. The van der Waals surface area contributed by atoms with E-state index in [4.69, 9.17) is 9.47 Å². The minimum Gasteiger partial charge on any atom is -0.494 e. The fourth-order valence-electron chi connectivity index (χ4n) is 5.05. The zero-order valence-electron chi connectivity index (χ0n) is 28.5. The number of amides is 1. The van der Waals surface area contributed by atoms with Crippen molar-refractivity contribution in [2.24, 2.45) is 0 Å². The molecule has 0 spiro atoms. The van der Waals surface area contributed by atoms with Crippen molar-refractivity contribution in [3.8, 4) is 5.75 Å². The molecule has 1 amide bonds. The van der Waals surface area contributed by atoms with Crippen LogP contribution in [0.15, 0.2) is 144 Å². The van der Waals surface area contributed by atoms with Crippen LogP contribution in [-0.4, -0.2) is 36.2 Å². The number of allylic oxidation sites excluding steroid dienone is 11. The van der Waals surface area contributed by atoms with Crippen LogP contribution in [0.25, 0.3) is 5.57 Å². The summed E-state index contributed by atoms with van der Waals surface area (Å²) >= 11 is 0. The van der Waals surface area contributed by atoms with E-state index in [9.17, 15) is 14.7 Å². The molecule has 1 unspecified atom stereocenters. The zero-order chi connectivity index (χ0) is 34.7. The molecule has 1 atom stereocenters. The Morgan fingerprint density at radius 3 is 2.35 bits per heavy atom. The summed E-state index contributed by atoms with van der Waals surface area (Å²) in [4.78, 5) is 24.8. The maximum atomic E-state index is 12.8. The Balaban J connectivity index is 1.49. The van der Waals surface area contributed by atoms with E-state index in [1.807, 2.05) is 55.5 Å². The predicted octanol–water partition coefficient (Wildman–Crippen LogP) is 9.26. The van der Waals surface area contributed by atoms with Gasteiger partial charge in [-0.05, 0) is 98.9 Å². The Bertz CT molecular complexity index is 1600. The van der Waals surface area contributed by atoms with Crippen LogP contribution in [-0.2, 0) is 20.7 Å². The molecule has 2 N–H and O–H groups in total. The number of rotatable bonds is 19. The van der Waals surface area contributed by atoms with E-state index >= 15 is 0 Å². The topological polar surface area (TPSA) is 84.9 Å². The molecule has 0 aromatic heterocycles. The van der Waals surface area contributed by atoms with E-state index in [1.165, 1.54) is 11.1 Å². The second-order valence-electron chi connectivity index (χ2n) is 11.8. The number of benzene rings is 2. The Morgan fingerprint density at radius 2 is 1.67 bits per heavy atom. The zero-order valence-corrected chi connectivity index (χ0v) is 28.5. The third kappa shape index (κ3) is 13.0. The average molecular weight is 648 g/mol. The van der Waals surface area contributed by atoms with Crippen molar-refractivity contribution in [3.05, 3.63) is 156 Å². The fraction of sp³-hybridized carbons (Fsp3) is 0.286. The molecule has 0 saturated carbocycles. The summed E-state index contributed by atoms with van der Waals surface area (Å²) in [6.07, 6.45) is 20.6. The lowest BCUT2D eigenvalue weighted by molar-refractivity contribution is -0.141. The highest BCUT2D eigenvalue weighted by Crippen LogP contribution is 2.25. The summed E-state index contributed by atoms with van der Waals surface area (Å²) in [6.45, 7) is 14.6. The molecule has 1 aliphatic rings. The van der Waals surface area contributed by atoms with Crippen molar-refractivity contribution in [1.82, 2.24) is 5.32 Å². The van der Waals surface area contributed by atoms with Crippen molar-refractivity contribution in [2.45, 2.75) is 65.3 Å². The minimum absolute atomic E-state index is 0.0931. The fourth-order valence-corrected chi connectivity index (χ4v) is 5.05. The first kappa shape index (κ1) is 37.4. The summed E-state index contributed by atoms with van der Waals surface area (Å²) < 4.78 is 12.0. The molecule has 3 rings (SSSR count). The van der Waals surface area contributed by atoms with Crippen LogP contribution in [0.2, 0.25) is 0 Å². The first-order valence-corrected chi connectivity index (χ1v) is 16.6. The first-order chi connectivity index (χ1) is 23.2. The molecule has 6 heteroatoms. The molecule has 2 aromatic rings. The van der Waals surface area contributed by atoms with Crippen LogP contribution in [0.5, 0.6) is 5.75 Å². The largest absolute Gasteiger partial charge is 0.494 e. The molecule has 2 aromatic carbocycles. The number of para-hydroxylation sites is 1. The van der Waals surface area contributed by atoms with Gasteiger partial charge in [0.1, 0.15) is 17.6 Å². The normalized spacial score (nSPS) is 14.3. The van der Waals surface area contributed by atoms with Gasteiger partial charge >= 0.3 is 5.97 Å². The van der Waals surface area contributed by atoms with Crippen LogP contribution in [0, 0.1) is 0 Å². The van der Waals surface area contributed by atoms with Gasteiger partial charge in [-0.25, -0.2) is 4.79 Å². The van der Waals surface area contributed by atoms with Crippen LogP contribution in [0.4, 0.5) is 0 Å². The monoisotopic (exact) mass is 647 g/mol. The van der Waals surface area contributed by atoms with Crippen molar-refractivity contribution in [2.75, 3.05) is 13.2 Å². The molecular weight excluding hydrogens is 598 g/mol. The summed E-state index contributed by atoms with van der Waals surface area (Å²) in [5.74, 6) is -0.351. The van der Waals surface area contributed by atoms with Crippen molar-refractivity contribution in [3.63, 3.8) is 0 Å². The lowest BCUT2D eigenvalue weighted by Crippen LogP contribution is -2.42. The van der Waals surface area contributed by atoms with Gasteiger partial charge < -0.3 is 19.9 Å². The number of carbonyl (C=O) groups excluding carboxylic acids is 1. The summed E-state index contributed by atoms with van der Waals surface area (Å²) in [7, 11) is 0. The summed E-state index contributed by atoms with van der Waals surface area (Å²) in [5, 5.41) is 12.5. The van der Waals surface area contributed by atoms with Gasteiger partial charge in [0.05, 0.1) is 13.2 Å². The minimum atomic E-state index is -1.12. The highest BCUT2D eigenvalue weighted by Gasteiger charge is 2.23. The molecule has 0 saturated heterocycles. The van der Waals surface area contributed by atoms with E-state index in [2.05, 4.69) is 61.8 Å². The molecular formula is C42H49NO5. The van der Waals surface area contributed by atoms with Gasteiger partial charge in [0.2, 0.25) is 0 Å². The molecule has 0 aliphatic heterocycles. The molecule has 48 heavy (non-hydrogen) atoms. The van der Waals surface area contributed by atoms with Gasteiger partial charge in [0.25, 0.3) is 5.91 Å². The van der Waals surface area contributed by atoms with Gasteiger partial charge in [0, 0.05) is 12.0 Å². The van der Waals surface area contributed by atoms with Crippen LogP contribution in [0.1, 0.15) is 64.0 Å². The molecule has 1 aliphatic carbocycles. The Labute approximate surface area is 286 Å². The number of aliphatic carboxylic acids is 1. The molecule has 0 heterocycles. The Morgan fingerprint density at radius 1 is 0.938 bits per heavy atom. The average Bonchev–Trinajstić information content (AvgIpc) is 3.08. The lowest BCUT2D eigenvalue weighted by atomic mass is 9.96. The molecule has 6 nitrogen and oxygen atoms in total. The number of unbranched alkanes of at least 4 members (excludes halogenated alkanes) is 2. The van der Waals surface area contributed by atoms with Crippen molar-refractivity contribution >= 4 is 17.4 Å². The van der Waals surface area contributed by atoms with Gasteiger partial charge in [0.15, 0.2) is 0 Å². The van der Waals surface area contributed by atoms with Crippen LogP contribution >= 0.6 is 0 Å². The number of carbonyl (C=O) groups is 2. The van der Waals surface area contributed by atoms with E-state index < -0.39 is 17.9 Å². The summed E-state index contributed by atoms with van der Waals surface area (Å²) in [6, 6.07) is 16.5. The quantitative estimate of drug-likeness (QED) is 0.0687. The molecule has 252 valence electrons. The van der Waals surface area contributed by atoms with Crippen LogP contribution in [0.3, 0.4) is 0 Å². The number of nitrogens with one attached hydrogen (secondary N) is 1. The Kier molecular flexibility index (Phi) is 15.7. The SMILES string of the molecule is C=C(C)/C=C\C(=C/C)C(=O)NC(Cc1ccccc1OCCCCCOC(=C)/C=C(\C=C(/C)C1=CCCC=C1)c1ccccc1)C(=O)O. The number of hydrogen-bond acceptors (Lipinski definition) is 4. The number of carboxylic acid groups (broad SMARTS) is 1. The van der Waals surface area contributed by atoms with Gasteiger partial charge in [-0.3, -0.25) is 4.79 Å². The standard InChI is InChI=1S/C42H49NO5/c1-6-34(25-24-31(2)3)41(44)43-39(42(45)46)30-37-22-14-15-23-40(37)48-27-17-9-16-26-47-33(5)29-38(36-20-12-8-13-21-36)28-32(4)35-18-10-7-11-19-35/h6,8,10,12-15,18-25,28-29,39H,2,5,7,9,11,16-17,26-27,30H2,1,3-4H3,(H,43,44)(H,45,46)/b25-24-,32-28+,34-6+,38-29+. The smallest absolute Gasteiger partial charge is 0.326 e. The van der Waals surface area contributed by atoms with Gasteiger partial charge in [-0.15, -0.1) is 0 Å². The van der Waals surface area contributed by atoms with E-state index in [0.29, 0.717) is 35.9 Å². The van der Waals surface area contributed by atoms with Crippen LogP contribution < -0.4 is 10.1 Å². The van der Waals surface area contributed by atoms with E-state index in [1.54, 1.807) is 25.2 Å². The van der Waals surface area contributed by atoms with Crippen molar-refractivity contribution < 1.29 is 24.2 Å².